The molecule has 1 atom stereocenters. The Bertz CT molecular complexity index is 1180. The van der Waals surface area contributed by atoms with E-state index in [1.165, 1.54) is 38.4 Å². The van der Waals surface area contributed by atoms with E-state index < -0.39 is 32.0 Å². The summed E-state index contributed by atoms with van der Waals surface area (Å²) in [7, 11) is -4.38. The Morgan fingerprint density at radius 2 is 1.46 bits per heavy atom. The van der Waals surface area contributed by atoms with E-state index in [2.05, 4.69) is 5.32 Å². The minimum absolute atomic E-state index is 0.115. The van der Waals surface area contributed by atoms with Crippen LogP contribution in [0.1, 0.15) is 20.3 Å². The van der Waals surface area contributed by atoms with Crippen LogP contribution in [0.3, 0.4) is 0 Å². The molecule has 2 aromatic rings. The Labute approximate surface area is 207 Å². The number of sulfonamides is 2. The van der Waals surface area contributed by atoms with Gasteiger partial charge in [-0.05, 0) is 61.9 Å². The van der Waals surface area contributed by atoms with E-state index >= 15 is 0 Å². The number of carbonyl (C=O) groups is 1. The number of hydrogen-bond donors (Lipinski definition) is 1. The van der Waals surface area contributed by atoms with E-state index in [1.807, 2.05) is 6.92 Å². The molecule has 1 N–H and O–H groups in total. The first-order chi connectivity index (χ1) is 16.4. The number of nitrogens with zero attached hydrogens (tertiary/aromatic N) is 2. The van der Waals surface area contributed by atoms with Gasteiger partial charge in [-0.2, -0.15) is 0 Å². The maximum Gasteiger partial charge on any atom is 0.244 e. The number of carbonyl (C=O) groups excluding carboxylic acids is 1. The monoisotopic (exact) mass is 527 g/mol. The summed E-state index contributed by atoms with van der Waals surface area (Å²) in [6.07, 6.45) is 1.32. The van der Waals surface area contributed by atoms with Crippen LogP contribution in [0.2, 0.25) is 0 Å². The van der Waals surface area contributed by atoms with Crippen LogP contribution in [0.15, 0.2) is 53.4 Å². The molecule has 0 fully saturated rings. The molecule has 35 heavy (non-hydrogen) atoms. The second kappa shape index (κ2) is 12.2. The average molecular weight is 528 g/mol. The Kier molecular flexibility index (Phi) is 9.92. The second-order valence-electron chi connectivity index (χ2n) is 7.81. The fourth-order valence-electron chi connectivity index (χ4n) is 3.30. The number of anilines is 1. The van der Waals surface area contributed by atoms with E-state index in [1.54, 1.807) is 31.2 Å². The second-order valence-corrected chi connectivity index (χ2v) is 11.8. The van der Waals surface area contributed by atoms with Crippen molar-refractivity contribution in [2.45, 2.75) is 31.2 Å². The SMILES string of the molecule is CCOc1ccc(N([C@H](CC)C(=O)NCCOc2ccc(S(=O)(=O)N(C)C)cc2)S(C)(=O)=O)cc1. The fourth-order valence-corrected chi connectivity index (χ4v) is 5.41. The summed E-state index contributed by atoms with van der Waals surface area (Å²) in [6.45, 7) is 4.31. The molecule has 0 heterocycles. The zero-order valence-corrected chi connectivity index (χ0v) is 22.2. The van der Waals surface area contributed by atoms with E-state index in [4.69, 9.17) is 9.47 Å². The summed E-state index contributed by atoms with van der Waals surface area (Å²) in [5.41, 5.74) is 0.363. The van der Waals surface area contributed by atoms with Gasteiger partial charge in [-0.15, -0.1) is 0 Å². The van der Waals surface area contributed by atoms with Crippen molar-refractivity contribution in [2.24, 2.45) is 0 Å². The van der Waals surface area contributed by atoms with Crippen molar-refractivity contribution in [3.63, 3.8) is 0 Å². The highest BCUT2D eigenvalue weighted by atomic mass is 32.2. The molecule has 2 rings (SSSR count). The molecule has 0 saturated carbocycles. The van der Waals surface area contributed by atoms with E-state index in [0.717, 1.165) is 14.9 Å². The summed E-state index contributed by atoms with van der Waals surface area (Å²) in [6, 6.07) is 11.5. The van der Waals surface area contributed by atoms with Crippen molar-refractivity contribution in [3.05, 3.63) is 48.5 Å². The first kappa shape index (κ1) is 28.4. The molecule has 10 nitrogen and oxygen atoms in total. The summed E-state index contributed by atoms with van der Waals surface area (Å²) in [5, 5.41) is 2.71. The van der Waals surface area contributed by atoms with Crippen LogP contribution in [-0.4, -0.2) is 73.2 Å². The van der Waals surface area contributed by atoms with Gasteiger partial charge in [-0.3, -0.25) is 9.10 Å². The quantitative estimate of drug-likeness (QED) is 0.396. The molecule has 0 spiro atoms. The van der Waals surface area contributed by atoms with Crippen LogP contribution < -0.4 is 19.1 Å². The van der Waals surface area contributed by atoms with Crippen molar-refractivity contribution >= 4 is 31.6 Å². The lowest BCUT2D eigenvalue weighted by Crippen LogP contribution is -2.50. The Balaban J connectivity index is 2.01. The van der Waals surface area contributed by atoms with Gasteiger partial charge in [-0.25, -0.2) is 21.1 Å². The largest absolute Gasteiger partial charge is 0.494 e. The van der Waals surface area contributed by atoms with Crippen molar-refractivity contribution in [1.82, 2.24) is 9.62 Å². The van der Waals surface area contributed by atoms with E-state index in [0.29, 0.717) is 23.8 Å². The molecule has 1 amide bonds. The number of hydrogen-bond acceptors (Lipinski definition) is 7. The predicted octanol–water partition coefficient (Wildman–Crippen LogP) is 2.08. The lowest BCUT2D eigenvalue weighted by Gasteiger charge is -2.30. The number of rotatable bonds is 13. The Morgan fingerprint density at radius 1 is 0.914 bits per heavy atom. The Morgan fingerprint density at radius 3 is 1.94 bits per heavy atom. The first-order valence-electron chi connectivity index (χ1n) is 11.1. The lowest BCUT2D eigenvalue weighted by atomic mass is 10.2. The third-order valence-corrected chi connectivity index (χ3v) is 8.01. The Hall–Kier alpha value is -2.83. The molecule has 0 aromatic heterocycles. The fraction of sp³-hybridized carbons (Fsp3) is 0.435. The minimum Gasteiger partial charge on any atom is -0.494 e. The highest BCUT2D eigenvalue weighted by Gasteiger charge is 2.31. The van der Waals surface area contributed by atoms with Gasteiger partial charge in [0.05, 0.1) is 30.0 Å². The molecule has 0 radical (unpaired) electrons. The van der Waals surface area contributed by atoms with Gasteiger partial charge in [0.25, 0.3) is 0 Å². The molecular formula is C23H33N3O7S2. The highest BCUT2D eigenvalue weighted by Crippen LogP contribution is 2.25. The topological polar surface area (TPSA) is 122 Å². The molecule has 194 valence electrons. The van der Waals surface area contributed by atoms with E-state index in [9.17, 15) is 21.6 Å². The molecule has 12 heteroatoms. The van der Waals surface area contributed by atoms with Gasteiger partial charge < -0.3 is 14.8 Å². The molecule has 0 aliphatic rings. The van der Waals surface area contributed by atoms with Crippen LogP contribution in [0.25, 0.3) is 0 Å². The zero-order chi connectivity index (χ0) is 26.2. The number of nitrogens with one attached hydrogen (secondary N) is 1. The average Bonchev–Trinajstić information content (AvgIpc) is 2.80. The summed E-state index contributed by atoms with van der Waals surface area (Å²) < 4.78 is 62.6. The van der Waals surface area contributed by atoms with Crippen molar-refractivity contribution in [1.29, 1.82) is 0 Å². The number of benzene rings is 2. The van der Waals surface area contributed by atoms with E-state index in [-0.39, 0.29) is 24.5 Å². The van der Waals surface area contributed by atoms with Crippen LogP contribution >= 0.6 is 0 Å². The number of ether oxygens (including phenoxy) is 2. The van der Waals surface area contributed by atoms with Crippen LogP contribution in [-0.2, 0) is 24.8 Å². The maximum atomic E-state index is 12.9. The van der Waals surface area contributed by atoms with Gasteiger partial charge in [0.15, 0.2) is 0 Å². The molecular weight excluding hydrogens is 494 g/mol. The smallest absolute Gasteiger partial charge is 0.244 e. The van der Waals surface area contributed by atoms with Crippen molar-refractivity contribution < 1.29 is 31.1 Å². The van der Waals surface area contributed by atoms with Crippen LogP contribution in [0.4, 0.5) is 5.69 Å². The summed E-state index contributed by atoms with van der Waals surface area (Å²) in [4.78, 5) is 13.0. The molecule has 0 bridgehead atoms. The van der Waals surface area contributed by atoms with Crippen LogP contribution in [0.5, 0.6) is 11.5 Å². The van der Waals surface area contributed by atoms with Crippen LogP contribution in [0, 0.1) is 0 Å². The lowest BCUT2D eigenvalue weighted by molar-refractivity contribution is -0.122. The summed E-state index contributed by atoms with van der Waals surface area (Å²) >= 11 is 0. The standard InChI is InChI=1S/C23H33N3O7S2/c1-6-22(26(34(5,28)29)18-8-10-19(11-9-18)32-7-2)23(27)24-16-17-33-20-12-14-21(15-13-20)35(30,31)25(3)4/h8-15,22H,6-7,16-17H2,1-5H3,(H,24,27)/t22-/m1/s1. The van der Waals surface area contributed by atoms with Gasteiger partial charge in [-0.1, -0.05) is 6.92 Å². The normalized spacial score (nSPS) is 12.7. The van der Waals surface area contributed by atoms with Crippen molar-refractivity contribution in [3.8, 4) is 11.5 Å². The molecule has 0 unspecified atom stereocenters. The molecule has 2 aromatic carbocycles. The highest BCUT2D eigenvalue weighted by molar-refractivity contribution is 7.92. The molecule has 0 aliphatic heterocycles. The number of amides is 1. The zero-order valence-electron chi connectivity index (χ0n) is 20.6. The third kappa shape index (κ3) is 7.58. The third-order valence-electron chi connectivity index (χ3n) is 5.00. The minimum atomic E-state index is -3.75. The maximum absolute atomic E-state index is 12.9. The van der Waals surface area contributed by atoms with Crippen molar-refractivity contribution in [2.75, 3.05) is 44.4 Å². The van der Waals surface area contributed by atoms with Gasteiger partial charge >= 0.3 is 0 Å². The van der Waals surface area contributed by atoms with Gasteiger partial charge in [0.2, 0.25) is 26.0 Å². The molecule has 0 saturated heterocycles. The molecule has 0 aliphatic carbocycles. The van der Waals surface area contributed by atoms with Gasteiger partial charge in [0.1, 0.15) is 24.1 Å². The van der Waals surface area contributed by atoms with Gasteiger partial charge in [0, 0.05) is 14.1 Å². The first-order valence-corrected chi connectivity index (χ1v) is 14.4. The predicted molar refractivity (Wildman–Crippen MR) is 135 cm³/mol. The summed E-state index contributed by atoms with van der Waals surface area (Å²) in [5.74, 6) is 0.589.